The van der Waals surface area contributed by atoms with Crippen molar-refractivity contribution in [2.45, 2.75) is 26.9 Å². The molecule has 80 valence electrons. The summed E-state index contributed by atoms with van der Waals surface area (Å²) in [4.78, 5) is 0. The third kappa shape index (κ3) is 2.30. The first-order chi connectivity index (χ1) is 6.57. The zero-order chi connectivity index (χ0) is 10.8. The number of nitrogens with one attached hydrogen (secondary N) is 1. The molecule has 2 heterocycles. The molecule has 0 saturated heterocycles. The lowest BCUT2D eigenvalue weighted by Crippen LogP contribution is -2.12. The monoisotopic (exact) mass is 235 g/mol. The van der Waals surface area contributed by atoms with Crippen molar-refractivity contribution in [3.8, 4) is 0 Å². The highest BCUT2D eigenvalue weighted by molar-refractivity contribution is 8.28. The molecule has 0 aromatic carbocycles. The lowest BCUT2D eigenvalue weighted by molar-refractivity contribution is 0.542. The van der Waals surface area contributed by atoms with Gasteiger partial charge >= 0.3 is 0 Å². The number of rotatable bonds is 1. The van der Waals surface area contributed by atoms with Crippen molar-refractivity contribution < 1.29 is 8.76 Å². The van der Waals surface area contributed by atoms with E-state index in [1.165, 1.54) is 6.20 Å². The molecule has 0 bridgehead atoms. The van der Waals surface area contributed by atoms with Crippen molar-refractivity contribution in [3.63, 3.8) is 0 Å². The van der Waals surface area contributed by atoms with Gasteiger partial charge in [0, 0.05) is 36.0 Å². The zero-order valence-corrected chi connectivity index (χ0v) is 9.69. The molecule has 1 aromatic rings. The Hall–Kier alpha value is -0.500. The van der Waals surface area contributed by atoms with Gasteiger partial charge < -0.3 is 5.32 Å². The standard InChI is InChI=1S/C5H7N3O2S2.C2H6/c9-12(10,11)8-3-4-1-6-2-5(4)7-8;1-2/h3,6H,1-2H2,(H,9,10,11);1-2H3. The number of fused-ring (bicyclic) bond motifs is 1. The van der Waals surface area contributed by atoms with Gasteiger partial charge in [0.05, 0.1) is 5.69 Å². The van der Waals surface area contributed by atoms with E-state index in [0.717, 1.165) is 15.3 Å². The quantitative estimate of drug-likeness (QED) is 0.742. The number of nitrogens with zero attached hydrogens (tertiary/aromatic N) is 2. The second-order valence-electron chi connectivity index (χ2n) is 2.55. The Kier molecular flexibility index (Phi) is 3.59. The van der Waals surface area contributed by atoms with Gasteiger partial charge in [-0.05, 0) is 0 Å². The smallest absolute Gasteiger partial charge is 0.251 e. The normalized spacial score (nSPS) is 17.9. The van der Waals surface area contributed by atoms with E-state index in [-0.39, 0.29) is 0 Å². The van der Waals surface area contributed by atoms with Crippen LogP contribution >= 0.6 is 0 Å². The van der Waals surface area contributed by atoms with Gasteiger partial charge in [0.25, 0.3) is 8.96 Å². The first-order valence-electron chi connectivity index (χ1n) is 4.33. The van der Waals surface area contributed by atoms with Gasteiger partial charge in [0.2, 0.25) is 0 Å². The Morgan fingerprint density at radius 1 is 1.64 bits per heavy atom. The van der Waals surface area contributed by atoms with Crippen molar-refractivity contribution in [2.24, 2.45) is 0 Å². The van der Waals surface area contributed by atoms with Gasteiger partial charge in [0.15, 0.2) is 0 Å². The SMILES string of the molecule is CC.O=S(O)(=S)n1cc2c(n1)CNC2. The number of hydrogen-bond acceptors (Lipinski definition) is 4. The van der Waals surface area contributed by atoms with Gasteiger partial charge in [-0.15, -0.1) is 0 Å². The van der Waals surface area contributed by atoms with Crippen LogP contribution in [0.2, 0.25) is 0 Å². The third-order valence-corrected chi connectivity index (χ3v) is 2.82. The van der Waals surface area contributed by atoms with Crippen LogP contribution in [0.4, 0.5) is 0 Å². The molecule has 0 spiro atoms. The molecule has 1 atom stereocenters. The van der Waals surface area contributed by atoms with E-state index in [4.69, 9.17) is 4.55 Å². The molecule has 0 radical (unpaired) electrons. The second kappa shape index (κ2) is 4.35. The molecular formula is C7H13N3O2S2. The fourth-order valence-corrected chi connectivity index (χ4v) is 1.84. The Morgan fingerprint density at radius 2 is 2.29 bits per heavy atom. The Balaban J connectivity index is 0.000000461. The summed E-state index contributed by atoms with van der Waals surface area (Å²) in [6.45, 7) is 5.34. The van der Waals surface area contributed by atoms with E-state index < -0.39 is 8.96 Å². The van der Waals surface area contributed by atoms with Crippen molar-refractivity contribution in [1.82, 2.24) is 14.5 Å². The molecule has 14 heavy (non-hydrogen) atoms. The minimum atomic E-state index is -3.37. The molecular weight excluding hydrogens is 222 g/mol. The van der Waals surface area contributed by atoms with Crippen LogP contribution in [0.5, 0.6) is 0 Å². The number of aromatic nitrogens is 2. The van der Waals surface area contributed by atoms with Gasteiger partial charge in [-0.25, -0.2) is 4.21 Å². The molecule has 1 unspecified atom stereocenters. The summed E-state index contributed by atoms with van der Waals surface area (Å²) in [6.07, 6.45) is 1.52. The molecule has 0 aliphatic carbocycles. The van der Waals surface area contributed by atoms with Crippen LogP contribution in [-0.4, -0.2) is 17.9 Å². The molecule has 5 nitrogen and oxygen atoms in total. The van der Waals surface area contributed by atoms with E-state index >= 15 is 0 Å². The zero-order valence-electron chi connectivity index (χ0n) is 8.06. The summed E-state index contributed by atoms with van der Waals surface area (Å²) < 4.78 is 20.9. The van der Waals surface area contributed by atoms with Crippen molar-refractivity contribution in [1.29, 1.82) is 0 Å². The average Bonchev–Trinajstić information content (AvgIpc) is 2.63. The summed E-state index contributed by atoms with van der Waals surface area (Å²) in [5.41, 5.74) is 1.75. The first kappa shape index (κ1) is 11.6. The summed E-state index contributed by atoms with van der Waals surface area (Å²) in [5.74, 6) is 0. The van der Waals surface area contributed by atoms with Crippen LogP contribution in [0.25, 0.3) is 0 Å². The summed E-state index contributed by atoms with van der Waals surface area (Å²) in [7, 11) is -3.37. The highest BCUT2D eigenvalue weighted by atomic mass is 32.8. The maximum Gasteiger partial charge on any atom is 0.251 e. The molecule has 1 aliphatic rings. The maximum atomic E-state index is 10.9. The molecule has 7 heteroatoms. The molecule has 0 amide bonds. The largest absolute Gasteiger partial charge is 0.307 e. The fraction of sp³-hybridized carbons (Fsp3) is 0.571. The minimum Gasteiger partial charge on any atom is -0.307 e. The van der Waals surface area contributed by atoms with Crippen molar-refractivity contribution in [2.75, 3.05) is 0 Å². The Labute approximate surface area is 88.1 Å². The minimum absolute atomic E-state index is 0.646. The predicted octanol–water partition coefficient (Wildman–Crippen LogP) is 0.495. The topological polar surface area (TPSA) is 67.1 Å². The lowest BCUT2D eigenvalue weighted by atomic mass is 10.3. The van der Waals surface area contributed by atoms with Crippen LogP contribution in [0, 0.1) is 0 Å². The molecule has 0 fully saturated rings. The van der Waals surface area contributed by atoms with Crippen molar-refractivity contribution in [3.05, 3.63) is 17.5 Å². The Morgan fingerprint density at radius 3 is 2.79 bits per heavy atom. The Bertz CT molecular complexity index is 389. The lowest BCUT2D eigenvalue weighted by Gasteiger charge is -1.97. The fourth-order valence-electron chi connectivity index (χ4n) is 1.15. The summed E-state index contributed by atoms with van der Waals surface area (Å²) >= 11 is 4.36. The summed E-state index contributed by atoms with van der Waals surface area (Å²) in [6, 6.07) is 0. The summed E-state index contributed by atoms with van der Waals surface area (Å²) in [5, 5.41) is 6.95. The maximum absolute atomic E-state index is 10.9. The van der Waals surface area contributed by atoms with Crippen molar-refractivity contribution >= 4 is 20.1 Å². The molecule has 1 aromatic heterocycles. The molecule has 0 saturated carbocycles. The average molecular weight is 235 g/mol. The second-order valence-corrected chi connectivity index (χ2v) is 5.13. The number of hydrogen-bond donors (Lipinski definition) is 2. The van der Waals surface area contributed by atoms with Crippen LogP contribution < -0.4 is 5.32 Å². The molecule has 2 N–H and O–H groups in total. The first-order valence-corrected chi connectivity index (χ1v) is 6.73. The van der Waals surface area contributed by atoms with Crippen LogP contribution in [0.3, 0.4) is 0 Å². The highest BCUT2D eigenvalue weighted by Gasteiger charge is 2.17. The van der Waals surface area contributed by atoms with Crippen LogP contribution in [-0.2, 0) is 33.2 Å². The highest BCUT2D eigenvalue weighted by Crippen LogP contribution is 2.13. The van der Waals surface area contributed by atoms with E-state index in [1.54, 1.807) is 0 Å². The van der Waals surface area contributed by atoms with Gasteiger partial charge in [-0.2, -0.15) is 9.19 Å². The predicted molar refractivity (Wildman–Crippen MR) is 57.7 cm³/mol. The van der Waals surface area contributed by atoms with E-state index in [0.29, 0.717) is 13.1 Å². The van der Waals surface area contributed by atoms with E-state index in [1.807, 2.05) is 13.8 Å². The molecule has 2 rings (SSSR count). The van der Waals surface area contributed by atoms with E-state index in [9.17, 15) is 4.21 Å². The van der Waals surface area contributed by atoms with Gasteiger partial charge in [-0.3, -0.25) is 4.55 Å². The molecule has 1 aliphatic heterocycles. The van der Waals surface area contributed by atoms with Gasteiger partial charge in [-0.1, -0.05) is 13.8 Å². The third-order valence-electron chi connectivity index (χ3n) is 1.70. The van der Waals surface area contributed by atoms with E-state index in [2.05, 4.69) is 21.6 Å². The van der Waals surface area contributed by atoms with Gasteiger partial charge in [0.1, 0.15) is 0 Å². The van der Waals surface area contributed by atoms with Crippen LogP contribution in [0.15, 0.2) is 6.20 Å². The van der Waals surface area contributed by atoms with Crippen LogP contribution in [0.1, 0.15) is 25.1 Å².